The molecule has 0 aliphatic carbocycles. The zero-order valence-electron chi connectivity index (χ0n) is 11.6. The summed E-state index contributed by atoms with van der Waals surface area (Å²) in [5, 5.41) is 6.58. The first kappa shape index (κ1) is 15.8. The highest BCUT2D eigenvalue weighted by molar-refractivity contribution is 6.31. The minimum absolute atomic E-state index is 0.128. The summed E-state index contributed by atoms with van der Waals surface area (Å²) in [5.74, 6) is 0.518. The van der Waals surface area contributed by atoms with Gasteiger partial charge in [-0.3, -0.25) is 4.79 Å². The Kier molecular flexibility index (Phi) is 6.67. The van der Waals surface area contributed by atoms with Crippen LogP contribution in [0.1, 0.15) is 26.3 Å². The highest BCUT2D eigenvalue weighted by atomic mass is 35.5. The first-order chi connectivity index (χ1) is 9.10. The van der Waals surface area contributed by atoms with Crippen LogP contribution in [0.15, 0.2) is 18.2 Å². The van der Waals surface area contributed by atoms with Gasteiger partial charge in [-0.2, -0.15) is 0 Å². The molecule has 1 atom stereocenters. The Balaban J connectivity index is 2.81. The predicted molar refractivity (Wildman–Crippen MR) is 77.6 cm³/mol. The highest BCUT2D eigenvalue weighted by Crippen LogP contribution is 2.27. The third kappa shape index (κ3) is 4.73. The Labute approximate surface area is 119 Å². The van der Waals surface area contributed by atoms with Crippen molar-refractivity contribution in [2.75, 3.05) is 13.1 Å². The van der Waals surface area contributed by atoms with Crippen molar-refractivity contribution in [3.8, 4) is 5.75 Å². The fourth-order valence-corrected chi connectivity index (χ4v) is 1.87. The number of ether oxygens (including phenoxy) is 1. The van der Waals surface area contributed by atoms with Crippen LogP contribution in [0.2, 0.25) is 5.02 Å². The van der Waals surface area contributed by atoms with Gasteiger partial charge in [0.25, 0.3) is 5.91 Å². The average Bonchev–Trinajstić information content (AvgIpc) is 2.38. The van der Waals surface area contributed by atoms with E-state index in [4.69, 9.17) is 16.3 Å². The molecule has 4 nitrogen and oxygen atoms in total. The van der Waals surface area contributed by atoms with E-state index in [9.17, 15) is 4.79 Å². The van der Waals surface area contributed by atoms with E-state index < -0.39 is 6.10 Å². The molecule has 1 aromatic rings. The van der Waals surface area contributed by atoms with Crippen molar-refractivity contribution < 1.29 is 9.53 Å². The van der Waals surface area contributed by atoms with Crippen LogP contribution in [0.25, 0.3) is 0 Å². The third-order valence-electron chi connectivity index (χ3n) is 2.65. The van der Waals surface area contributed by atoms with E-state index in [1.165, 1.54) is 0 Å². The zero-order valence-corrected chi connectivity index (χ0v) is 12.4. The quantitative estimate of drug-likeness (QED) is 0.808. The largest absolute Gasteiger partial charge is 0.481 e. The van der Waals surface area contributed by atoms with E-state index in [-0.39, 0.29) is 5.91 Å². The molecule has 0 aromatic heterocycles. The molecule has 0 spiro atoms. The first-order valence-corrected chi connectivity index (χ1v) is 6.90. The van der Waals surface area contributed by atoms with Crippen LogP contribution >= 0.6 is 11.6 Å². The lowest BCUT2D eigenvalue weighted by molar-refractivity contribution is -0.127. The molecular formula is C14H21ClN2O2. The molecule has 0 saturated heterocycles. The van der Waals surface area contributed by atoms with E-state index in [1.54, 1.807) is 6.92 Å². The van der Waals surface area contributed by atoms with Gasteiger partial charge < -0.3 is 15.4 Å². The molecule has 0 aliphatic heterocycles. The molecule has 106 valence electrons. The van der Waals surface area contributed by atoms with Crippen molar-refractivity contribution in [2.45, 2.75) is 33.4 Å². The Morgan fingerprint density at radius 2 is 2.11 bits per heavy atom. The number of carbonyl (C=O) groups is 1. The Bertz CT molecular complexity index is 424. The summed E-state index contributed by atoms with van der Waals surface area (Å²) in [7, 11) is 0. The van der Waals surface area contributed by atoms with Crippen molar-refractivity contribution in [3.05, 3.63) is 28.8 Å². The van der Waals surface area contributed by atoms with Gasteiger partial charge in [0.2, 0.25) is 0 Å². The first-order valence-electron chi connectivity index (χ1n) is 6.52. The molecule has 0 saturated carbocycles. The van der Waals surface area contributed by atoms with E-state index in [2.05, 4.69) is 10.6 Å². The molecular weight excluding hydrogens is 264 g/mol. The summed E-state index contributed by atoms with van der Waals surface area (Å²) < 4.78 is 5.70. The maximum absolute atomic E-state index is 11.7. The Hall–Kier alpha value is -1.26. The molecule has 1 amide bonds. The molecule has 0 fully saturated rings. The lowest BCUT2D eigenvalue weighted by atomic mass is 10.2. The molecule has 0 bridgehead atoms. The summed E-state index contributed by atoms with van der Waals surface area (Å²) in [6, 6.07) is 5.46. The van der Waals surface area contributed by atoms with Crippen LogP contribution in [-0.4, -0.2) is 25.1 Å². The van der Waals surface area contributed by atoms with Crippen molar-refractivity contribution in [2.24, 2.45) is 0 Å². The third-order valence-corrected chi connectivity index (χ3v) is 3.01. The van der Waals surface area contributed by atoms with Gasteiger partial charge in [-0.1, -0.05) is 24.6 Å². The number of rotatable bonds is 7. The van der Waals surface area contributed by atoms with Gasteiger partial charge in [-0.15, -0.1) is 0 Å². The number of nitrogens with one attached hydrogen (secondary N) is 2. The molecule has 1 rings (SSSR count). The second-order valence-corrected chi connectivity index (χ2v) is 4.56. The predicted octanol–water partition coefficient (Wildman–Crippen LogP) is 2.35. The van der Waals surface area contributed by atoms with E-state index in [0.717, 1.165) is 12.1 Å². The van der Waals surface area contributed by atoms with Gasteiger partial charge in [0.1, 0.15) is 5.75 Å². The average molecular weight is 285 g/mol. The molecule has 2 N–H and O–H groups in total. The van der Waals surface area contributed by atoms with E-state index in [1.807, 2.05) is 32.0 Å². The van der Waals surface area contributed by atoms with Crippen LogP contribution < -0.4 is 15.4 Å². The van der Waals surface area contributed by atoms with Crippen LogP contribution in [-0.2, 0) is 11.3 Å². The number of hydrogen-bond acceptors (Lipinski definition) is 3. The zero-order chi connectivity index (χ0) is 14.3. The normalized spacial score (nSPS) is 12.0. The van der Waals surface area contributed by atoms with Gasteiger partial charge in [-0.25, -0.2) is 0 Å². The van der Waals surface area contributed by atoms with Crippen LogP contribution in [0, 0.1) is 0 Å². The van der Waals surface area contributed by atoms with Gasteiger partial charge in [0.15, 0.2) is 6.10 Å². The summed E-state index contributed by atoms with van der Waals surface area (Å²) in [5.41, 5.74) is 0.877. The van der Waals surface area contributed by atoms with Gasteiger partial charge in [0, 0.05) is 23.7 Å². The number of halogens is 1. The SMILES string of the molecule is CCNCc1c(Cl)cccc1OC(C)C(=O)NCC. The summed E-state index contributed by atoms with van der Waals surface area (Å²) >= 11 is 6.17. The summed E-state index contributed by atoms with van der Waals surface area (Å²) in [6.07, 6.45) is -0.543. The number of carbonyl (C=O) groups excluding carboxylic acids is 1. The number of benzene rings is 1. The number of likely N-dealkylation sites (N-methyl/N-ethyl adjacent to an activating group) is 1. The van der Waals surface area contributed by atoms with Crippen molar-refractivity contribution in [1.82, 2.24) is 10.6 Å². The van der Waals surface area contributed by atoms with Crippen molar-refractivity contribution in [1.29, 1.82) is 0 Å². The summed E-state index contributed by atoms with van der Waals surface area (Å²) in [6.45, 7) is 7.68. The maximum Gasteiger partial charge on any atom is 0.260 e. The molecule has 19 heavy (non-hydrogen) atoms. The monoisotopic (exact) mass is 284 g/mol. The van der Waals surface area contributed by atoms with Crippen LogP contribution in [0.5, 0.6) is 5.75 Å². The topological polar surface area (TPSA) is 50.4 Å². The highest BCUT2D eigenvalue weighted by Gasteiger charge is 2.16. The molecule has 5 heteroatoms. The minimum Gasteiger partial charge on any atom is -0.481 e. The standard InChI is InChI=1S/C14H21ClN2O2/c1-4-16-9-11-12(15)7-6-8-13(11)19-10(3)14(18)17-5-2/h6-8,10,16H,4-5,9H2,1-3H3,(H,17,18). The smallest absolute Gasteiger partial charge is 0.260 e. The summed E-state index contributed by atoms with van der Waals surface area (Å²) in [4.78, 5) is 11.7. The fourth-order valence-electron chi connectivity index (χ4n) is 1.63. The van der Waals surface area contributed by atoms with Gasteiger partial charge in [0.05, 0.1) is 0 Å². The minimum atomic E-state index is -0.543. The Morgan fingerprint density at radius 3 is 2.74 bits per heavy atom. The van der Waals surface area contributed by atoms with Crippen molar-refractivity contribution in [3.63, 3.8) is 0 Å². The van der Waals surface area contributed by atoms with Crippen LogP contribution in [0.3, 0.4) is 0 Å². The molecule has 0 heterocycles. The van der Waals surface area contributed by atoms with E-state index >= 15 is 0 Å². The number of hydrogen-bond donors (Lipinski definition) is 2. The molecule has 0 radical (unpaired) electrons. The van der Waals surface area contributed by atoms with Gasteiger partial charge >= 0.3 is 0 Å². The fraction of sp³-hybridized carbons (Fsp3) is 0.500. The molecule has 1 aromatic carbocycles. The maximum atomic E-state index is 11.7. The molecule has 0 aliphatic rings. The molecule has 1 unspecified atom stereocenters. The number of amides is 1. The second kappa shape index (κ2) is 8.02. The van der Waals surface area contributed by atoms with Gasteiger partial charge in [-0.05, 0) is 32.5 Å². The lowest BCUT2D eigenvalue weighted by Gasteiger charge is -2.18. The lowest BCUT2D eigenvalue weighted by Crippen LogP contribution is -2.36. The second-order valence-electron chi connectivity index (χ2n) is 4.15. The van der Waals surface area contributed by atoms with Crippen molar-refractivity contribution >= 4 is 17.5 Å². The Morgan fingerprint density at radius 1 is 1.37 bits per heavy atom. The van der Waals surface area contributed by atoms with Crippen LogP contribution in [0.4, 0.5) is 0 Å². The van der Waals surface area contributed by atoms with E-state index in [0.29, 0.717) is 23.9 Å².